The fraction of sp³-hybridized carbons (Fsp3) is 0.562. The zero-order valence-corrected chi connectivity index (χ0v) is 12.5. The molecule has 0 radical (unpaired) electrons. The van der Waals surface area contributed by atoms with Crippen LogP contribution in [-0.2, 0) is 17.9 Å². The third kappa shape index (κ3) is 4.32. The van der Waals surface area contributed by atoms with E-state index in [9.17, 15) is 4.79 Å². The van der Waals surface area contributed by atoms with Crippen LogP contribution in [0.1, 0.15) is 30.9 Å². The van der Waals surface area contributed by atoms with Crippen molar-refractivity contribution in [1.82, 2.24) is 15.5 Å². The van der Waals surface area contributed by atoms with Crippen molar-refractivity contribution in [3.8, 4) is 0 Å². The van der Waals surface area contributed by atoms with Gasteiger partial charge in [-0.15, -0.1) is 0 Å². The highest BCUT2D eigenvalue weighted by molar-refractivity contribution is 5.81. The molecule has 0 saturated carbocycles. The minimum atomic E-state index is 0.00408. The minimum absolute atomic E-state index is 0.00408. The van der Waals surface area contributed by atoms with Crippen LogP contribution >= 0.6 is 0 Å². The van der Waals surface area contributed by atoms with E-state index in [1.54, 1.807) is 0 Å². The monoisotopic (exact) mass is 275 g/mol. The van der Waals surface area contributed by atoms with Crippen LogP contribution in [0.2, 0.25) is 0 Å². The molecule has 0 aromatic heterocycles. The maximum atomic E-state index is 11.9. The second-order valence-corrected chi connectivity index (χ2v) is 5.52. The third-order valence-corrected chi connectivity index (χ3v) is 3.83. The molecule has 1 aromatic carbocycles. The highest BCUT2D eigenvalue weighted by Gasteiger charge is 2.21. The summed E-state index contributed by atoms with van der Waals surface area (Å²) in [5, 5.41) is 6.24. The van der Waals surface area contributed by atoms with Gasteiger partial charge in [-0.2, -0.15) is 0 Å². The van der Waals surface area contributed by atoms with Gasteiger partial charge in [-0.1, -0.05) is 31.2 Å². The van der Waals surface area contributed by atoms with E-state index in [0.717, 1.165) is 32.5 Å². The molecule has 0 spiro atoms. The van der Waals surface area contributed by atoms with Crippen LogP contribution < -0.4 is 10.6 Å². The average molecular weight is 275 g/mol. The van der Waals surface area contributed by atoms with Crippen molar-refractivity contribution in [3.63, 3.8) is 0 Å². The summed E-state index contributed by atoms with van der Waals surface area (Å²) in [6.07, 6.45) is 2.05. The standard InChI is InChI=1S/C16H25N3O/c1-3-19(2)12-14-7-4-6-13(10-14)11-18-16(20)15-8-5-9-17-15/h4,6-7,10,15,17H,3,5,8-9,11-12H2,1-2H3,(H,18,20). The van der Waals surface area contributed by atoms with E-state index < -0.39 is 0 Å². The Kier molecular flexibility index (Phi) is 5.56. The maximum absolute atomic E-state index is 11.9. The lowest BCUT2D eigenvalue weighted by Gasteiger charge is -2.15. The molecule has 4 nitrogen and oxygen atoms in total. The average Bonchev–Trinajstić information content (AvgIpc) is 2.99. The van der Waals surface area contributed by atoms with Crippen LogP contribution in [0, 0.1) is 0 Å². The van der Waals surface area contributed by atoms with Gasteiger partial charge in [0.05, 0.1) is 6.04 Å². The summed E-state index contributed by atoms with van der Waals surface area (Å²) >= 11 is 0. The Morgan fingerprint density at radius 2 is 2.25 bits per heavy atom. The number of nitrogens with one attached hydrogen (secondary N) is 2. The Morgan fingerprint density at radius 3 is 2.95 bits per heavy atom. The predicted octanol–water partition coefficient (Wildman–Crippen LogP) is 1.51. The smallest absolute Gasteiger partial charge is 0.237 e. The zero-order chi connectivity index (χ0) is 14.4. The summed E-state index contributed by atoms with van der Waals surface area (Å²) in [6.45, 7) is 5.70. The molecule has 1 aliphatic rings. The summed E-state index contributed by atoms with van der Waals surface area (Å²) in [7, 11) is 2.11. The molecule has 20 heavy (non-hydrogen) atoms. The largest absolute Gasteiger partial charge is 0.351 e. The van der Waals surface area contributed by atoms with Gasteiger partial charge in [0, 0.05) is 13.1 Å². The Bertz CT molecular complexity index is 441. The van der Waals surface area contributed by atoms with Crippen LogP contribution in [0.25, 0.3) is 0 Å². The topological polar surface area (TPSA) is 44.4 Å². The van der Waals surface area contributed by atoms with Crippen molar-refractivity contribution in [2.45, 2.75) is 38.9 Å². The molecule has 4 heteroatoms. The van der Waals surface area contributed by atoms with E-state index in [4.69, 9.17) is 0 Å². The normalized spacial score (nSPS) is 18.4. The number of hydrogen-bond donors (Lipinski definition) is 2. The zero-order valence-electron chi connectivity index (χ0n) is 12.5. The molecule has 1 amide bonds. The second-order valence-electron chi connectivity index (χ2n) is 5.52. The lowest BCUT2D eigenvalue weighted by Crippen LogP contribution is -2.40. The van der Waals surface area contributed by atoms with Gasteiger partial charge in [-0.25, -0.2) is 0 Å². The van der Waals surface area contributed by atoms with Gasteiger partial charge in [0.15, 0.2) is 0 Å². The SMILES string of the molecule is CCN(C)Cc1cccc(CNC(=O)C2CCCN2)c1. The summed E-state index contributed by atoms with van der Waals surface area (Å²) in [6, 6.07) is 8.45. The Hall–Kier alpha value is -1.39. The van der Waals surface area contributed by atoms with Crippen molar-refractivity contribution >= 4 is 5.91 Å². The quantitative estimate of drug-likeness (QED) is 0.827. The molecular formula is C16H25N3O. The minimum Gasteiger partial charge on any atom is -0.351 e. The van der Waals surface area contributed by atoms with Crippen LogP contribution in [0.4, 0.5) is 0 Å². The number of rotatable bonds is 6. The molecule has 0 bridgehead atoms. The van der Waals surface area contributed by atoms with Gasteiger partial charge in [0.25, 0.3) is 0 Å². The Morgan fingerprint density at radius 1 is 1.45 bits per heavy atom. The first-order valence-electron chi connectivity index (χ1n) is 7.46. The van der Waals surface area contributed by atoms with Crippen molar-refractivity contribution < 1.29 is 4.79 Å². The molecule has 1 heterocycles. The summed E-state index contributed by atoms with van der Waals surface area (Å²) in [5.41, 5.74) is 2.46. The molecular weight excluding hydrogens is 250 g/mol. The van der Waals surface area contributed by atoms with E-state index in [1.165, 1.54) is 11.1 Å². The van der Waals surface area contributed by atoms with Crippen LogP contribution in [0.3, 0.4) is 0 Å². The van der Waals surface area contributed by atoms with Gasteiger partial charge in [0.1, 0.15) is 0 Å². The molecule has 110 valence electrons. The first-order valence-corrected chi connectivity index (χ1v) is 7.46. The molecule has 1 atom stereocenters. The van der Waals surface area contributed by atoms with E-state index in [0.29, 0.717) is 6.54 Å². The van der Waals surface area contributed by atoms with E-state index >= 15 is 0 Å². The summed E-state index contributed by atoms with van der Waals surface area (Å²) in [5.74, 6) is 0.124. The van der Waals surface area contributed by atoms with E-state index in [-0.39, 0.29) is 11.9 Å². The second kappa shape index (κ2) is 7.41. The number of benzene rings is 1. The number of amides is 1. The van der Waals surface area contributed by atoms with Crippen LogP contribution in [-0.4, -0.2) is 37.0 Å². The van der Waals surface area contributed by atoms with Gasteiger partial charge in [-0.3, -0.25) is 4.79 Å². The highest BCUT2D eigenvalue weighted by Crippen LogP contribution is 2.09. The Balaban J connectivity index is 1.86. The van der Waals surface area contributed by atoms with Gasteiger partial charge in [-0.05, 0) is 44.1 Å². The predicted molar refractivity (Wildman–Crippen MR) is 81.3 cm³/mol. The molecule has 1 aromatic rings. The van der Waals surface area contributed by atoms with Crippen molar-refractivity contribution in [2.24, 2.45) is 0 Å². The lowest BCUT2D eigenvalue weighted by atomic mass is 10.1. The first kappa shape index (κ1) is 15.0. The molecule has 2 rings (SSSR count). The van der Waals surface area contributed by atoms with Crippen LogP contribution in [0.15, 0.2) is 24.3 Å². The van der Waals surface area contributed by atoms with Gasteiger partial charge < -0.3 is 15.5 Å². The van der Waals surface area contributed by atoms with Crippen LogP contribution in [0.5, 0.6) is 0 Å². The summed E-state index contributed by atoms with van der Waals surface area (Å²) < 4.78 is 0. The molecule has 2 N–H and O–H groups in total. The van der Waals surface area contributed by atoms with E-state index in [2.05, 4.69) is 53.8 Å². The number of hydrogen-bond acceptors (Lipinski definition) is 3. The van der Waals surface area contributed by atoms with Crippen molar-refractivity contribution in [1.29, 1.82) is 0 Å². The molecule has 0 aliphatic carbocycles. The van der Waals surface area contributed by atoms with Gasteiger partial charge >= 0.3 is 0 Å². The number of carbonyl (C=O) groups is 1. The van der Waals surface area contributed by atoms with Gasteiger partial charge in [0.2, 0.25) is 5.91 Å². The first-order chi connectivity index (χ1) is 9.69. The van der Waals surface area contributed by atoms with E-state index in [1.807, 2.05) is 0 Å². The molecule has 1 fully saturated rings. The fourth-order valence-electron chi connectivity index (χ4n) is 2.48. The number of nitrogens with zero attached hydrogens (tertiary/aromatic N) is 1. The summed E-state index contributed by atoms with van der Waals surface area (Å²) in [4.78, 5) is 14.2. The number of carbonyl (C=O) groups excluding carboxylic acids is 1. The lowest BCUT2D eigenvalue weighted by molar-refractivity contribution is -0.122. The maximum Gasteiger partial charge on any atom is 0.237 e. The highest BCUT2D eigenvalue weighted by atomic mass is 16.2. The molecule has 1 unspecified atom stereocenters. The van der Waals surface area contributed by atoms with Crippen molar-refractivity contribution in [2.75, 3.05) is 20.1 Å². The molecule has 1 aliphatic heterocycles. The molecule has 1 saturated heterocycles. The Labute approximate surface area is 121 Å². The fourth-order valence-corrected chi connectivity index (χ4v) is 2.48. The third-order valence-electron chi connectivity index (χ3n) is 3.83. The van der Waals surface area contributed by atoms with Crippen molar-refractivity contribution in [3.05, 3.63) is 35.4 Å².